The molecule has 0 unspecified atom stereocenters. The summed E-state index contributed by atoms with van der Waals surface area (Å²) in [6, 6.07) is 0. The molecule has 1 saturated carbocycles. The highest BCUT2D eigenvalue weighted by Crippen LogP contribution is 2.40. The normalized spacial score (nSPS) is 20.2. The van der Waals surface area contributed by atoms with Crippen LogP contribution in [0.5, 0.6) is 0 Å². The van der Waals surface area contributed by atoms with E-state index in [1.54, 1.807) is 0 Å². The number of thioether (sulfide) groups is 1. The second-order valence-corrected chi connectivity index (χ2v) is 5.08. The van der Waals surface area contributed by atoms with Crippen molar-refractivity contribution in [2.75, 3.05) is 12.8 Å². The molecule has 0 atom stereocenters. The molecule has 0 heterocycles. The molecule has 5 nitrogen and oxygen atoms in total. The van der Waals surface area contributed by atoms with Gasteiger partial charge in [0, 0.05) is 4.75 Å². The smallest absolute Gasteiger partial charge is 0.218 e. The molecule has 0 spiro atoms. The van der Waals surface area contributed by atoms with Crippen LogP contribution in [0, 0.1) is 0 Å². The van der Waals surface area contributed by atoms with Crippen molar-refractivity contribution in [3.05, 3.63) is 0 Å². The fraction of sp³-hybridized carbons (Fsp3) is 0.778. The van der Waals surface area contributed by atoms with Gasteiger partial charge in [0.15, 0.2) is 5.96 Å². The maximum Gasteiger partial charge on any atom is 0.218 e. The van der Waals surface area contributed by atoms with E-state index in [9.17, 15) is 0 Å². The zero-order chi connectivity index (χ0) is 11.3. The highest BCUT2D eigenvalue weighted by atomic mass is 32.2. The first kappa shape index (κ1) is 12.2. The van der Waals surface area contributed by atoms with Gasteiger partial charge in [0.05, 0.1) is 6.54 Å². The van der Waals surface area contributed by atoms with Gasteiger partial charge in [0.25, 0.3) is 0 Å². The molecule has 1 aliphatic rings. The number of rotatable bonds is 3. The molecule has 0 bridgehead atoms. The van der Waals surface area contributed by atoms with Gasteiger partial charge in [-0.3, -0.25) is 0 Å². The van der Waals surface area contributed by atoms with E-state index < -0.39 is 0 Å². The molecule has 0 saturated heterocycles. The van der Waals surface area contributed by atoms with Crippen molar-refractivity contribution in [3.8, 4) is 0 Å². The van der Waals surface area contributed by atoms with Crippen LogP contribution in [0.15, 0.2) is 9.98 Å². The summed E-state index contributed by atoms with van der Waals surface area (Å²) in [5, 5.41) is 0. The van der Waals surface area contributed by atoms with Crippen LogP contribution in [0.4, 0.5) is 0 Å². The van der Waals surface area contributed by atoms with Crippen LogP contribution in [0.1, 0.15) is 25.7 Å². The van der Waals surface area contributed by atoms with Crippen molar-refractivity contribution in [2.24, 2.45) is 27.2 Å². The van der Waals surface area contributed by atoms with Crippen molar-refractivity contribution in [3.63, 3.8) is 0 Å². The quantitative estimate of drug-likeness (QED) is 0.477. The Morgan fingerprint density at radius 3 is 2.33 bits per heavy atom. The molecule has 1 aliphatic carbocycles. The zero-order valence-corrected chi connectivity index (χ0v) is 9.89. The first-order valence-corrected chi connectivity index (χ1v) is 6.25. The largest absolute Gasteiger partial charge is 0.370 e. The molecule has 0 aromatic heterocycles. The van der Waals surface area contributed by atoms with Gasteiger partial charge in [-0.05, 0) is 19.1 Å². The zero-order valence-electron chi connectivity index (χ0n) is 9.07. The first-order valence-electron chi connectivity index (χ1n) is 5.03. The molecule has 0 aromatic carbocycles. The Labute approximate surface area is 94.6 Å². The summed E-state index contributed by atoms with van der Waals surface area (Å²) in [4.78, 5) is 7.91. The number of nitrogens with zero attached hydrogens (tertiary/aromatic N) is 2. The Morgan fingerprint density at radius 1 is 1.27 bits per heavy atom. The Kier molecular flexibility index (Phi) is 4.26. The van der Waals surface area contributed by atoms with Crippen LogP contribution in [-0.4, -0.2) is 29.5 Å². The average Bonchev–Trinajstić information content (AvgIpc) is 2.63. The van der Waals surface area contributed by atoms with Crippen LogP contribution in [0.2, 0.25) is 0 Å². The van der Waals surface area contributed by atoms with Gasteiger partial charge in [-0.1, -0.05) is 12.8 Å². The molecular weight excluding hydrogens is 210 g/mol. The second-order valence-electron chi connectivity index (χ2n) is 3.81. The fourth-order valence-corrected chi connectivity index (χ4v) is 2.73. The summed E-state index contributed by atoms with van der Waals surface area (Å²) >= 11 is 1.87. The van der Waals surface area contributed by atoms with Crippen LogP contribution in [-0.2, 0) is 0 Å². The molecule has 0 aromatic rings. The topological polar surface area (TPSA) is 103 Å². The lowest BCUT2D eigenvalue weighted by Gasteiger charge is -2.24. The van der Waals surface area contributed by atoms with Gasteiger partial charge in [0.1, 0.15) is 0 Å². The van der Waals surface area contributed by atoms with Gasteiger partial charge >= 0.3 is 0 Å². The predicted molar refractivity (Wildman–Crippen MR) is 67.0 cm³/mol. The monoisotopic (exact) mass is 229 g/mol. The van der Waals surface area contributed by atoms with E-state index >= 15 is 0 Å². The van der Waals surface area contributed by atoms with Crippen LogP contribution in [0.3, 0.4) is 0 Å². The molecule has 86 valence electrons. The molecule has 1 rings (SSSR count). The van der Waals surface area contributed by atoms with Crippen LogP contribution >= 0.6 is 11.8 Å². The molecule has 0 amide bonds. The molecule has 1 fully saturated rings. The standard InChI is InChI=1S/C9H19N5S/c1-15-9(4-2-3-5-9)6-13-8(12)14-7(10)11/h2-6H2,1H3,(H6,10,11,12,13,14). The lowest BCUT2D eigenvalue weighted by Crippen LogP contribution is -2.29. The number of nitrogens with two attached hydrogens (primary N) is 3. The summed E-state index contributed by atoms with van der Waals surface area (Å²) in [5.74, 6) is 0.135. The van der Waals surface area contributed by atoms with E-state index in [1.807, 2.05) is 11.8 Å². The van der Waals surface area contributed by atoms with Gasteiger partial charge in [0.2, 0.25) is 5.96 Å². The number of aliphatic imine (C=N–C) groups is 2. The molecule has 15 heavy (non-hydrogen) atoms. The van der Waals surface area contributed by atoms with E-state index in [-0.39, 0.29) is 16.7 Å². The van der Waals surface area contributed by atoms with Gasteiger partial charge in [-0.2, -0.15) is 16.8 Å². The molecule has 0 radical (unpaired) electrons. The summed E-state index contributed by atoms with van der Waals surface area (Å²) in [6.45, 7) is 0.705. The highest BCUT2D eigenvalue weighted by molar-refractivity contribution is 8.00. The van der Waals surface area contributed by atoms with E-state index in [0.29, 0.717) is 6.54 Å². The highest BCUT2D eigenvalue weighted by Gasteiger charge is 2.32. The van der Waals surface area contributed by atoms with Crippen molar-refractivity contribution in [2.45, 2.75) is 30.4 Å². The predicted octanol–water partition coefficient (Wildman–Crippen LogP) is 0.250. The summed E-state index contributed by atoms with van der Waals surface area (Å²) in [5.41, 5.74) is 16.0. The minimum Gasteiger partial charge on any atom is -0.370 e. The van der Waals surface area contributed by atoms with Crippen LogP contribution < -0.4 is 17.2 Å². The molecule has 6 heteroatoms. The second kappa shape index (κ2) is 5.25. The average molecular weight is 229 g/mol. The van der Waals surface area contributed by atoms with Crippen molar-refractivity contribution in [1.82, 2.24) is 0 Å². The number of guanidine groups is 2. The van der Waals surface area contributed by atoms with E-state index in [2.05, 4.69) is 16.2 Å². The summed E-state index contributed by atoms with van der Waals surface area (Å²) < 4.78 is 0.253. The van der Waals surface area contributed by atoms with E-state index in [0.717, 1.165) is 0 Å². The van der Waals surface area contributed by atoms with Gasteiger partial charge in [-0.15, -0.1) is 0 Å². The fourth-order valence-electron chi connectivity index (χ4n) is 1.84. The minimum atomic E-state index is -0.0409. The van der Waals surface area contributed by atoms with Gasteiger partial charge < -0.3 is 17.2 Å². The molecular formula is C9H19N5S. The summed E-state index contributed by atoms with van der Waals surface area (Å²) in [7, 11) is 0. The molecule has 6 N–H and O–H groups in total. The summed E-state index contributed by atoms with van der Waals surface area (Å²) in [6.07, 6.45) is 7.08. The SMILES string of the molecule is CSC1(CN=C(N)N=C(N)N)CCCC1. The van der Waals surface area contributed by atoms with Crippen molar-refractivity contribution >= 4 is 23.7 Å². The Hall–Kier alpha value is -0.910. The van der Waals surface area contributed by atoms with Gasteiger partial charge in [-0.25, -0.2) is 4.99 Å². The number of hydrogen-bond acceptors (Lipinski definition) is 2. The maximum atomic E-state index is 5.56. The lowest BCUT2D eigenvalue weighted by molar-refractivity contribution is 0.621. The Balaban J connectivity index is 2.57. The first-order chi connectivity index (χ1) is 7.08. The third kappa shape index (κ3) is 3.62. The molecule has 0 aliphatic heterocycles. The van der Waals surface area contributed by atoms with E-state index in [1.165, 1.54) is 25.7 Å². The minimum absolute atomic E-state index is 0.0409. The maximum absolute atomic E-state index is 5.56. The third-order valence-corrected chi connectivity index (χ3v) is 4.12. The Bertz CT molecular complexity index is 264. The lowest BCUT2D eigenvalue weighted by atomic mass is 10.1. The number of hydrogen-bond donors (Lipinski definition) is 3. The third-order valence-electron chi connectivity index (χ3n) is 2.72. The van der Waals surface area contributed by atoms with Crippen molar-refractivity contribution < 1.29 is 0 Å². The van der Waals surface area contributed by atoms with E-state index in [4.69, 9.17) is 17.2 Å². The van der Waals surface area contributed by atoms with Crippen LogP contribution in [0.25, 0.3) is 0 Å². The van der Waals surface area contributed by atoms with Crippen molar-refractivity contribution in [1.29, 1.82) is 0 Å². The Morgan fingerprint density at radius 2 is 1.87 bits per heavy atom.